The number of amides is 1. The Kier molecular flexibility index (Phi) is 10.6. The van der Waals surface area contributed by atoms with Gasteiger partial charge in [0.1, 0.15) is 17.7 Å². The van der Waals surface area contributed by atoms with Crippen LogP contribution >= 0.6 is 0 Å². The van der Waals surface area contributed by atoms with E-state index in [9.17, 15) is 17.9 Å². The molecule has 43 heavy (non-hydrogen) atoms. The Labute approximate surface area is 256 Å². The van der Waals surface area contributed by atoms with Crippen LogP contribution in [0, 0.1) is 6.92 Å². The lowest BCUT2D eigenvalue weighted by molar-refractivity contribution is -0.115. The van der Waals surface area contributed by atoms with Crippen molar-refractivity contribution in [2.75, 3.05) is 25.0 Å². The second-order valence-electron chi connectivity index (χ2n) is 11.6. The van der Waals surface area contributed by atoms with Gasteiger partial charge in [-0.15, -0.1) is 0 Å². The number of carbonyl (C=O) groups is 1. The van der Waals surface area contributed by atoms with Gasteiger partial charge in [-0.05, 0) is 106 Å². The second kappa shape index (κ2) is 14.2. The van der Waals surface area contributed by atoms with Crippen molar-refractivity contribution in [2.45, 2.75) is 70.5 Å². The maximum atomic E-state index is 12.6. The summed E-state index contributed by atoms with van der Waals surface area (Å²) >= 11 is -2.35. The van der Waals surface area contributed by atoms with E-state index in [1.54, 1.807) is 35.3 Å². The van der Waals surface area contributed by atoms with E-state index < -0.39 is 17.3 Å². The van der Waals surface area contributed by atoms with Gasteiger partial charge in [0.25, 0.3) is 0 Å². The SMILES string of the molecule is CCN1CCC[C@@H](F)C1.Cc1cc(CC(=O)Nc2cnn(C(C)(C)C)c2)ccc1Oc1ccnc2ccc(S(=O)[O-])cc12.[HH]. The van der Waals surface area contributed by atoms with E-state index in [0.717, 1.165) is 37.1 Å². The van der Waals surface area contributed by atoms with Crippen molar-refractivity contribution in [1.29, 1.82) is 0 Å². The van der Waals surface area contributed by atoms with Gasteiger partial charge in [0, 0.05) is 30.6 Å². The number of nitrogens with one attached hydrogen (secondary N) is 1. The van der Waals surface area contributed by atoms with E-state index in [1.165, 1.54) is 12.1 Å². The summed E-state index contributed by atoms with van der Waals surface area (Å²) in [5.74, 6) is 0.971. The maximum absolute atomic E-state index is 12.6. The largest absolute Gasteiger partial charge is 0.768 e. The Morgan fingerprint density at radius 1 is 1.21 bits per heavy atom. The summed E-state index contributed by atoms with van der Waals surface area (Å²) in [5.41, 5.74) is 2.81. The van der Waals surface area contributed by atoms with Gasteiger partial charge in [-0.1, -0.05) is 19.1 Å². The predicted octanol–water partition coefficient (Wildman–Crippen LogP) is 6.39. The number of hydrogen-bond donors (Lipinski definition) is 1. The van der Waals surface area contributed by atoms with Crippen LogP contribution in [-0.4, -0.2) is 60.1 Å². The number of piperidine rings is 1. The summed E-state index contributed by atoms with van der Waals surface area (Å²) in [5, 5.41) is 7.78. The van der Waals surface area contributed by atoms with Crippen LogP contribution in [0.4, 0.5) is 10.1 Å². The molecule has 3 heterocycles. The van der Waals surface area contributed by atoms with Gasteiger partial charge in [0.05, 0.1) is 29.4 Å². The minimum Gasteiger partial charge on any atom is -0.768 e. The molecule has 1 N–H and O–H groups in total. The molecule has 2 aromatic heterocycles. The molecule has 0 spiro atoms. The van der Waals surface area contributed by atoms with Crippen LogP contribution in [0.25, 0.3) is 10.9 Å². The summed E-state index contributed by atoms with van der Waals surface area (Å²) < 4.78 is 43.2. The zero-order valence-electron chi connectivity index (χ0n) is 25.3. The third kappa shape index (κ3) is 8.92. The summed E-state index contributed by atoms with van der Waals surface area (Å²) in [4.78, 5) is 19.1. The molecule has 232 valence electrons. The maximum Gasteiger partial charge on any atom is 0.228 e. The minimum atomic E-state index is -2.35. The molecule has 0 bridgehead atoms. The molecular formula is C32H41FN5O4S-. The number of likely N-dealkylation sites (tertiary alicyclic amines) is 1. The number of nitrogens with zero attached hydrogens (tertiary/aromatic N) is 4. The molecular weight excluding hydrogens is 569 g/mol. The number of rotatable bonds is 7. The number of carbonyl (C=O) groups excluding carboxylic acids is 1. The molecule has 4 aromatic rings. The first kappa shape index (κ1) is 32.2. The fraction of sp³-hybridized carbons (Fsp3) is 0.406. The molecule has 0 aliphatic carbocycles. The number of benzene rings is 2. The summed E-state index contributed by atoms with van der Waals surface area (Å²) in [6, 6.07) is 11.9. The van der Waals surface area contributed by atoms with Gasteiger partial charge < -0.3 is 19.5 Å². The molecule has 1 aliphatic heterocycles. The van der Waals surface area contributed by atoms with Crippen molar-refractivity contribution in [3.8, 4) is 11.5 Å². The Balaban J connectivity index is 0.000000455. The molecule has 1 amide bonds. The van der Waals surface area contributed by atoms with Crippen molar-refractivity contribution in [2.24, 2.45) is 0 Å². The molecule has 0 saturated carbocycles. The number of aromatic nitrogens is 3. The smallest absolute Gasteiger partial charge is 0.228 e. The highest BCUT2D eigenvalue weighted by molar-refractivity contribution is 7.79. The van der Waals surface area contributed by atoms with Gasteiger partial charge in [-0.3, -0.25) is 18.7 Å². The monoisotopic (exact) mass is 610 g/mol. The third-order valence-electron chi connectivity index (χ3n) is 7.14. The van der Waals surface area contributed by atoms with Crippen molar-refractivity contribution in [3.63, 3.8) is 0 Å². The number of halogens is 1. The van der Waals surface area contributed by atoms with Crippen LogP contribution in [-0.2, 0) is 27.8 Å². The van der Waals surface area contributed by atoms with E-state index >= 15 is 0 Å². The van der Waals surface area contributed by atoms with E-state index in [-0.39, 0.29) is 24.2 Å². The van der Waals surface area contributed by atoms with Crippen LogP contribution < -0.4 is 10.1 Å². The van der Waals surface area contributed by atoms with Crippen molar-refractivity contribution in [1.82, 2.24) is 19.7 Å². The standard InChI is InChI=1S/C25H26N4O4S.C7H14FN.H2/c1-16-11-17(12-24(30)28-18-14-27-29(15-18)25(2,3)4)5-8-22(16)33-23-9-10-26-21-7-6-19(34(31)32)13-20(21)23;1-2-9-5-3-4-7(8)6-9;/h5-11,13-15H,12H2,1-4H3,(H,28,30)(H,31,32);7H,2-6H2,1H3;1H/p-1/t;7-;/m.1./s1. The predicted molar refractivity (Wildman–Crippen MR) is 168 cm³/mol. The number of ether oxygens (including phenoxy) is 1. The van der Waals surface area contributed by atoms with Crippen molar-refractivity contribution < 1.29 is 24.1 Å². The molecule has 2 atom stereocenters. The Morgan fingerprint density at radius 2 is 2.00 bits per heavy atom. The number of hydrogen-bond acceptors (Lipinski definition) is 7. The molecule has 9 nitrogen and oxygen atoms in total. The molecule has 1 unspecified atom stereocenters. The number of anilines is 1. The van der Waals surface area contributed by atoms with E-state index in [1.807, 2.05) is 46.0 Å². The van der Waals surface area contributed by atoms with E-state index in [4.69, 9.17) is 4.74 Å². The van der Waals surface area contributed by atoms with Crippen molar-refractivity contribution in [3.05, 3.63) is 72.2 Å². The third-order valence-corrected chi connectivity index (χ3v) is 7.78. The summed E-state index contributed by atoms with van der Waals surface area (Å²) in [7, 11) is 0. The number of fused-ring (bicyclic) bond motifs is 1. The zero-order chi connectivity index (χ0) is 31.1. The van der Waals surface area contributed by atoms with Crippen LogP contribution in [0.2, 0.25) is 0 Å². The first-order chi connectivity index (χ1) is 20.4. The van der Waals surface area contributed by atoms with Crippen LogP contribution in [0.5, 0.6) is 11.5 Å². The average molecular weight is 611 g/mol. The lowest BCUT2D eigenvalue weighted by atomic mass is 10.1. The van der Waals surface area contributed by atoms with Crippen LogP contribution in [0.3, 0.4) is 0 Å². The normalized spacial score (nSPS) is 16.3. The van der Waals surface area contributed by atoms with Crippen molar-refractivity contribution >= 4 is 33.6 Å². The number of pyridine rings is 1. The lowest BCUT2D eigenvalue weighted by Gasteiger charge is -2.27. The fourth-order valence-corrected chi connectivity index (χ4v) is 5.17. The molecule has 11 heteroatoms. The lowest BCUT2D eigenvalue weighted by Crippen LogP contribution is -2.35. The van der Waals surface area contributed by atoms with Crippen LogP contribution in [0.1, 0.15) is 53.1 Å². The summed E-state index contributed by atoms with van der Waals surface area (Å²) in [6.07, 6.45) is 6.52. The highest BCUT2D eigenvalue weighted by Crippen LogP contribution is 2.32. The van der Waals surface area contributed by atoms with Gasteiger partial charge in [0.15, 0.2) is 0 Å². The first-order valence-corrected chi connectivity index (χ1v) is 15.5. The quantitative estimate of drug-likeness (QED) is 0.241. The number of alkyl halides is 1. The molecule has 0 radical (unpaired) electrons. The zero-order valence-corrected chi connectivity index (χ0v) is 26.1. The fourth-order valence-electron chi connectivity index (χ4n) is 4.78. The topological polar surface area (TPSA) is 112 Å². The van der Waals surface area contributed by atoms with E-state index in [0.29, 0.717) is 34.6 Å². The summed E-state index contributed by atoms with van der Waals surface area (Å²) in [6.45, 7) is 12.8. The van der Waals surface area contributed by atoms with Gasteiger partial charge >= 0.3 is 0 Å². The molecule has 1 fully saturated rings. The minimum absolute atomic E-state index is 0. The molecule has 5 rings (SSSR count). The Hall–Kier alpha value is -3.67. The Bertz CT molecular complexity index is 1590. The second-order valence-corrected chi connectivity index (χ2v) is 12.6. The van der Waals surface area contributed by atoms with Gasteiger partial charge in [-0.25, -0.2) is 4.39 Å². The first-order valence-electron chi connectivity index (χ1n) is 14.4. The van der Waals surface area contributed by atoms with Crippen LogP contribution in [0.15, 0.2) is 66.0 Å². The molecule has 2 aromatic carbocycles. The molecule has 1 aliphatic rings. The molecule has 1 saturated heterocycles. The number of aryl methyl sites for hydroxylation is 1. The average Bonchev–Trinajstić information content (AvgIpc) is 3.44. The Morgan fingerprint density at radius 3 is 2.63 bits per heavy atom. The highest BCUT2D eigenvalue weighted by atomic mass is 32.2. The van der Waals surface area contributed by atoms with Gasteiger partial charge in [-0.2, -0.15) is 5.10 Å². The highest BCUT2D eigenvalue weighted by Gasteiger charge is 2.17. The van der Waals surface area contributed by atoms with E-state index in [2.05, 4.69) is 27.2 Å². The van der Waals surface area contributed by atoms with Gasteiger partial charge in [0.2, 0.25) is 5.91 Å².